The van der Waals surface area contributed by atoms with Crippen molar-refractivity contribution in [2.24, 2.45) is 0 Å². The Balaban J connectivity index is 2.29. The lowest BCUT2D eigenvalue weighted by molar-refractivity contribution is -0.143. The first kappa shape index (κ1) is 17.4. The standard InChI is InChI=1S/C16H23FO4/c1-3-20-16(19)7-5-4-6-10-21-15-11-13(17)8-9-14(15)12(2)18/h8-9,11-12,18H,3-7,10H2,1-2H3/t12-/m0/s1. The van der Waals surface area contributed by atoms with Gasteiger partial charge in [-0.25, -0.2) is 4.39 Å². The molecule has 0 amide bonds. The Hall–Kier alpha value is -1.62. The fourth-order valence-corrected chi connectivity index (χ4v) is 1.94. The number of halogens is 1. The fourth-order valence-electron chi connectivity index (χ4n) is 1.94. The first-order valence-corrected chi connectivity index (χ1v) is 7.30. The van der Waals surface area contributed by atoms with Gasteiger partial charge in [0.05, 0.1) is 19.3 Å². The van der Waals surface area contributed by atoms with E-state index in [0.29, 0.717) is 30.9 Å². The molecule has 21 heavy (non-hydrogen) atoms. The van der Waals surface area contributed by atoms with Crippen LogP contribution in [0.15, 0.2) is 18.2 Å². The second-order valence-corrected chi connectivity index (χ2v) is 4.82. The molecule has 0 saturated heterocycles. The molecule has 0 aliphatic carbocycles. The fraction of sp³-hybridized carbons (Fsp3) is 0.562. The summed E-state index contributed by atoms with van der Waals surface area (Å²) in [5.74, 6) is -0.202. The summed E-state index contributed by atoms with van der Waals surface area (Å²) in [6.07, 6.45) is 2.04. The topological polar surface area (TPSA) is 55.8 Å². The van der Waals surface area contributed by atoms with Gasteiger partial charge in [0.15, 0.2) is 0 Å². The molecule has 1 N–H and O–H groups in total. The predicted octanol–water partition coefficient (Wildman–Crippen LogP) is 3.38. The van der Waals surface area contributed by atoms with Crippen LogP contribution < -0.4 is 4.74 Å². The van der Waals surface area contributed by atoms with Crippen LogP contribution in [0, 0.1) is 5.82 Å². The zero-order valence-electron chi connectivity index (χ0n) is 12.6. The molecule has 0 aromatic heterocycles. The molecule has 1 atom stereocenters. The Kier molecular flexibility index (Phi) is 7.75. The van der Waals surface area contributed by atoms with Crippen LogP contribution in [0.3, 0.4) is 0 Å². The van der Waals surface area contributed by atoms with Crippen molar-refractivity contribution in [1.82, 2.24) is 0 Å². The minimum absolute atomic E-state index is 0.181. The third-order valence-electron chi connectivity index (χ3n) is 3.01. The summed E-state index contributed by atoms with van der Waals surface area (Å²) < 4.78 is 23.5. The molecule has 0 spiro atoms. The predicted molar refractivity (Wildman–Crippen MR) is 77.6 cm³/mol. The summed E-state index contributed by atoms with van der Waals surface area (Å²) in [5, 5.41) is 9.59. The van der Waals surface area contributed by atoms with Crippen molar-refractivity contribution in [1.29, 1.82) is 0 Å². The molecule has 0 aliphatic rings. The van der Waals surface area contributed by atoms with E-state index >= 15 is 0 Å². The normalized spacial score (nSPS) is 12.0. The Bertz CT molecular complexity index is 446. The van der Waals surface area contributed by atoms with Gasteiger partial charge < -0.3 is 14.6 Å². The monoisotopic (exact) mass is 298 g/mol. The number of esters is 1. The van der Waals surface area contributed by atoms with Gasteiger partial charge >= 0.3 is 5.97 Å². The summed E-state index contributed by atoms with van der Waals surface area (Å²) in [4.78, 5) is 11.1. The van der Waals surface area contributed by atoms with Gasteiger partial charge in [-0.15, -0.1) is 0 Å². The van der Waals surface area contributed by atoms with Gasteiger partial charge in [0.1, 0.15) is 11.6 Å². The molecule has 1 aromatic carbocycles. The molecule has 118 valence electrons. The molecule has 0 saturated carbocycles. The minimum atomic E-state index is -0.704. The van der Waals surface area contributed by atoms with Gasteiger partial charge in [-0.1, -0.05) is 0 Å². The second kappa shape index (κ2) is 9.34. The Labute approximate surface area is 124 Å². The number of carbonyl (C=O) groups excluding carboxylic acids is 1. The van der Waals surface area contributed by atoms with Crippen LogP contribution in [0.5, 0.6) is 5.75 Å². The first-order valence-electron chi connectivity index (χ1n) is 7.30. The molecular weight excluding hydrogens is 275 g/mol. The van der Waals surface area contributed by atoms with E-state index in [2.05, 4.69) is 0 Å². The van der Waals surface area contributed by atoms with Crippen molar-refractivity contribution in [2.75, 3.05) is 13.2 Å². The van der Waals surface area contributed by atoms with Crippen LogP contribution >= 0.6 is 0 Å². The van der Waals surface area contributed by atoms with Gasteiger partial charge in [-0.05, 0) is 45.2 Å². The Morgan fingerprint density at radius 1 is 1.33 bits per heavy atom. The largest absolute Gasteiger partial charge is 0.493 e. The van der Waals surface area contributed by atoms with Gasteiger partial charge in [-0.2, -0.15) is 0 Å². The molecule has 0 radical (unpaired) electrons. The number of aliphatic hydroxyl groups excluding tert-OH is 1. The lowest BCUT2D eigenvalue weighted by Gasteiger charge is -2.13. The van der Waals surface area contributed by atoms with Crippen LogP contribution in [0.2, 0.25) is 0 Å². The molecule has 4 nitrogen and oxygen atoms in total. The van der Waals surface area contributed by atoms with Crippen molar-refractivity contribution in [3.05, 3.63) is 29.6 Å². The zero-order valence-corrected chi connectivity index (χ0v) is 12.6. The summed E-state index contributed by atoms with van der Waals surface area (Å²) in [6, 6.07) is 4.10. The van der Waals surface area contributed by atoms with E-state index in [1.165, 1.54) is 18.2 Å². The van der Waals surface area contributed by atoms with Crippen molar-refractivity contribution in [2.45, 2.75) is 45.6 Å². The van der Waals surface area contributed by atoms with Gasteiger partial charge in [0.2, 0.25) is 0 Å². The molecular formula is C16H23FO4. The average Bonchev–Trinajstić information content (AvgIpc) is 2.42. The lowest BCUT2D eigenvalue weighted by Crippen LogP contribution is -2.05. The average molecular weight is 298 g/mol. The van der Waals surface area contributed by atoms with E-state index in [-0.39, 0.29) is 5.97 Å². The highest BCUT2D eigenvalue weighted by atomic mass is 19.1. The number of hydrogen-bond acceptors (Lipinski definition) is 4. The third-order valence-corrected chi connectivity index (χ3v) is 3.01. The molecule has 0 unspecified atom stereocenters. The third kappa shape index (κ3) is 6.58. The van der Waals surface area contributed by atoms with Crippen molar-refractivity contribution < 1.29 is 23.8 Å². The molecule has 1 aromatic rings. The van der Waals surface area contributed by atoms with E-state index in [1.54, 1.807) is 13.8 Å². The number of benzene rings is 1. The molecule has 5 heteroatoms. The maximum absolute atomic E-state index is 13.2. The quantitative estimate of drug-likeness (QED) is 0.561. The Morgan fingerprint density at radius 2 is 2.10 bits per heavy atom. The van der Waals surface area contributed by atoms with Crippen LogP contribution in [-0.4, -0.2) is 24.3 Å². The molecule has 0 bridgehead atoms. The van der Waals surface area contributed by atoms with Crippen LogP contribution in [0.1, 0.15) is 51.2 Å². The summed E-state index contributed by atoms with van der Waals surface area (Å²) in [7, 11) is 0. The Morgan fingerprint density at radius 3 is 2.76 bits per heavy atom. The van der Waals surface area contributed by atoms with Crippen molar-refractivity contribution in [3.63, 3.8) is 0 Å². The van der Waals surface area contributed by atoms with E-state index in [4.69, 9.17) is 9.47 Å². The molecule has 0 heterocycles. The van der Waals surface area contributed by atoms with E-state index in [0.717, 1.165) is 19.3 Å². The molecule has 0 fully saturated rings. The molecule has 0 aliphatic heterocycles. The maximum atomic E-state index is 13.2. The van der Waals surface area contributed by atoms with Crippen molar-refractivity contribution >= 4 is 5.97 Å². The van der Waals surface area contributed by atoms with Crippen LogP contribution in [0.25, 0.3) is 0 Å². The summed E-state index contributed by atoms with van der Waals surface area (Å²) in [6.45, 7) is 4.22. The minimum Gasteiger partial charge on any atom is -0.493 e. The number of aliphatic hydroxyl groups is 1. The highest BCUT2D eigenvalue weighted by Crippen LogP contribution is 2.26. The smallest absolute Gasteiger partial charge is 0.305 e. The zero-order chi connectivity index (χ0) is 15.7. The van der Waals surface area contributed by atoms with E-state index < -0.39 is 11.9 Å². The lowest BCUT2D eigenvalue weighted by atomic mass is 10.1. The van der Waals surface area contributed by atoms with Crippen molar-refractivity contribution in [3.8, 4) is 5.75 Å². The van der Waals surface area contributed by atoms with Crippen LogP contribution in [0.4, 0.5) is 4.39 Å². The number of unbranched alkanes of at least 4 members (excludes halogenated alkanes) is 2. The number of carbonyl (C=O) groups is 1. The van der Waals surface area contributed by atoms with Gasteiger partial charge in [-0.3, -0.25) is 4.79 Å². The summed E-state index contributed by atoms with van der Waals surface area (Å²) in [5.41, 5.74) is 0.572. The first-order chi connectivity index (χ1) is 10.0. The summed E-state index contributed by atoms with van der Waals surface area (Å²) >= 11 is 0. The van der Waals surface area contributed by atoms with Gasteiger partial charge in [0, 0.05) is 18.1 Å². The number of ether oxygens (including phenoxy) is 2. The number of rotatable bonds is 9. The number of hydrogen-bond donors (Lipinski definition) is 1. The SMILES string of the molecule is CCOC(=O)CCCCCOc1cc(F)ccc1[C@H](C)O. The highest BCUT2D eigenvalue weighted by molar-refractivity contribution is 5.69. The maximum Gasteiger partial charge on any atom is 0.305 e. The van der Waals surface area contributed by atoms with Gasteiger partial charge in [0.25, 0.3) is 0 Å². The molecule has 1 rings (SSSR count). The van der Waals surface area contributed by atoms with E-state index in [1.807, 2.05) is 0 Å². The highest BCUT2D eigenvalue weighted by Gasteiger charge is 2.10. The van der Waals surface area contributed by atoms with E-state index in [9.17, 15) is 14.3 Å². The second-order valence-electron chi connectivity index (χ2n) is 4.82. The van der Waals surface area contributed by atoms with Crippen LogP contribution in [-0.2, 0) is 9.53 Å².